The molecule has 0 radical (unpaired) electrons. The fourth-order valence-corrected chi connectivity index (χ4v) is 2.20. The maximum Gasteiger partial charge on any atom is 0.339 e. The Labute approximate surface area is 156 Å². The fourth-order valence-electron chi connectivity index (χ4n) is 2.08. The SMILES string of the molecule is COC(=O)c1ccccc1N/C=C(/C#N)C(=O)NCc1ccc(Cl)cc1. The molecule has 0 aromatic heterocycles. The van der Waals surface area contributed by atoms with E-state index in [1.54, 1.807) is 48.5 Å². The summed E-state index contributed by atoms with van der Waals surface area (Å²) in [5.74, 6) is -1.06. The van der Waals surface area contributed by atoms with Crippen LogP contribution >= 0.6 is 11.6 Å². The Hall–Kier alpha value is -3.30. The van der Waals surface area contributed by atoms with Crippen LogP contribution in [0.2, 0.25) is 5.02 Å². The largest absolute Gasteiger partial charge is 0.465 e. The lowest BCUT2D eigenvalue weighted by molar-refractivity contribution is -0.117. The standard InChI is InChI=1S/C19H16ClN3O3/c1-26-19(25)16-4-2-3-5-17(16)22-12-14(10-21)18(24)23-11-13-6-8-15(20)9-7-13/h2-9,12,22H,11H2,1H3,(H,23,24)/b14-12-. The molecule has 0 aliphatic heterocycles. The molecule has 26 heavy (non-hydrogen) atoms. The molecule has 0 fully saturated rings. The third-order valence-corrected chi connectivity index (χ3v) is 3.69. The van der Waals surface area contributed by atoms with Crippen molar-refractivity contribution < 1.29 is 14.3 Å². The van der Waals surface area contributed by atoms with Gasteiger partial charge in [-0.15, -0.1) is 0 Å². The van der Waals surface area contributed by atoms with Gasteiger partial charge in [0.05, 0.1) is 18.4 Å². The molecule has 0 atom stereocenters. The van der Waals surface area contributed by atoms with E-state index in [2.05, 4.69) is 10.6 Å². The molecule has 0 unspecified atom stereocenters. The van der Waals surface area contributed by atoms with Gasteiger partial charge in [-0.1, -0.05) is 35.9 Å². The summed E-state index contributed by atoms with van der Waals surface area (Å²) >= 11 is 5.81. The lowest BCUT2D eigenvalue weighted by atomic mass is 10.1. The Morgan fingerprint density at radius 2 is 1.88 bits per heavy atom. The number of nitriles is 1. The number of methoxy groups -OCH3 is 1. The second kappa shape index (κ2) is 9.25. The molecule has 1 amide bonds. The lowest BCUT2D eigenvalue weighted by Crippen LogP contribution is -2.24. The highest BCUT2D eigenvalue weighted by atomic mass is 35.5. The molecule has 0 spiro atoms. The molecule has 0 bridgehead atoms. The van der Waals surface area contributed by atoms with Gasteiger partial charge in [-0.2, -0.15) is 5.26 Å². The summed E-state index contributed by atoms with van der Waals surface area (Å²) in [5.41, 5.74) is 1.45. The van der Waals surface area contributed by atoms with Gasteiger partial charge in [0, 0.05) is 17.8 Å². The molecular formula is C19H16ClN3O3. The smallest absolute Gasteiger partial charge is 0.339 e. The van der Waals surface area contributed by atoms with Crippen molar-refractivity contribution in [3.8, 4) is 6.07 Å². The van der Waals surface area contributed by atoms with Crippen LogP contribution in [0.5, 0.6) is 0 Å². The first-order valence-electron chi connectivity index (χ1n) is 7.62. The lowest BCUT2D eigenvalue weighted by Gasteiger charge is -2.08. The zero-order valence-electron chi connectivity index (χ0n) is 14.0. The minimum absolute atomic E-state index is 0.126. The molecule has 0 saturated carbocycles. The van der Waals surface area contributed by atoms with Crippen LogP contribution in [0, 0.1) is 11.3 Å². The molecule has 6 nitrogen and oxygen atoms in total. The van der Waals surface area contributed by atoms with Crippen molar-refractivity contribution in [2.24, 2.45) is 0 Å². The number of nitrogens with one attached hydrogen (secondary N) is 2. The number of hydrogen-bond acceptors (Lipinski definition) is 5. The van der Waals surface area contributed by atoms with Crippen LogP contribution < -0.4 is 10.6 Å². The number of ether oxygens (including phenoxy) is 1. The number of nitrogens with zero attached hydrogens (tertiary/aromatic N) is 1. The van der Waals surface area contributed by atoms with Crippen LogP contribution in [0.1, 0.15) is 15.9 Å². The van der Waals surface area contributed by atoms with Crippen LogP contribution in [0.4, 0.5) is 5.69 Å². The third-order valence-electron chi connectivity index (χ3n) is 3.44. The van der Waals surface area contributed by atoms with Crippen molar-refractivity contribution in [1.82, 2.24) is 5.32 Å². The molecule has 0 aliphatic carbocycles. The number of esters is 1. The minimum Gasteiger partial charge on any atom is -0.465 e. The van der Waals surface area contributed by atoms with Gasteiger partial charge in [0.2, 0.25) is 0 Å². The average Bonchev–Trinajstić information content (AvgIpc) is 2.67. The molecule has 7 heteroatoms. The Bertz CT molecular complexity index is 870. The van der Waals surface area contributed by atoms with Crippen LogP contribution in [-0.4, -0.2) is 19.0 Å². The van der Waals surface area contributed by atoms with E-state index >= 15 is 0 Å². The number of amides is 1. The van der Waals surface area contributed by atoms with Gasteiger partial charge >= 0.3 is 5.97 Å². The van der Waals surface area contributed by atoms with Crippen LogP contribution in [0.3, 0.4) is 0 Å². The molecule has 0 aliphatic rings. The van der Waals surface area contributed by atoms with Gasteiger partial charge in [0.1, 0.15) is 11.6 Å². The summed E-state index contributed by atoms with van der Waals surface area (Å²) in [7, 11) is 1.28. The Kier molecular flexibility index (Phi) is 6.77. The molecule has 2 N–H and O–H groups in total. The molecule has 2 aromatic rings. The van der Waals surface area contributed by atoms with Gasteiger partial charge < -0.3 is 15.4 Å². The zero-order valence-corrected chi connectivity index (χ0v) is 14.7. The summed E-state index contributed by atoms with van der Waals surface area (Å²) in [6.07, 6.45) is 1.25. The minimum atomic E-state index is -0.537. The maximum absolute atomic E-state index is 12.2. The van der Waals surface area contributed by atoms with Crippen molar-refractivity contribution in [3.63, 3.8) is 0 Å². The summed E-state index contributed by atoms with van der Waals surface area (Å²) < 4.78 is 4.70. The Morgan fingerprint density at radius 3 is 2.54 bits per heavy atom. The van der Waals surface area contributed by atoms with Gasteiger partial charge in [0.15, 0.2) is 0 Å². The maximum atomic E-state index is 12.2. The van der Waals surface area contributed by atoms with E-state index < -0.39 is 11.9 Å². The van der Waals surface area contributed by atoms with Crippen molar-refractivity contribution in [1.29, 1.82) is 5.26 Å². The first kappa shape index (κ1) is 19.0. The van der Waals surface area contributed by atoms with Crippen molar-refractivity contribution in [3.05, 3.63) is 76.5 Å². The molecular weight excluding hydrogens is 354 g/mol. The van der Waals surface area contributed by atoms with Gasteiger partial charge in [-0.25, -0.2) is 4.79 Å². The summed E-state index contributed by atoms with van der Waals surface area (Å²) in [4.78, 5) is 23.9. The topological polar surface area (TPSA) is 91.2 Å². The van der Waals surface area contributed by atoms with E-state index in [4.69, 9.17) is 16.3 Å². The quantitative estimate of drug-likeness (QED) is 0.463. The predicted octanol–water partition coefficient (Wildman–Crippen LogP) is 3.26. The highest BCUT2D eigenvalue weighted by Gasteiger charge is 2.12. The van der Waals surface area contributed by atoms with E-state index in [9.17, 15) is 14.9 Å². The monoisotopic (exact) mass is 369 g/mol. The first-order valence-corrected chi connectivity index (χ1v) is 7.99. The summed E-state index contributed by atoms with van der Waals surface area (Å²) in [6, 6.07) is 15.5. The second-order valence-corrected chi connectivity index (χ2v) is 5.60. The van der Waals surface area contributed by atoms with E-state index in [1.807, 2.05) is 6.07 Å². The Balaban J connectivity index is 2.06. The second-order valence-electron chi connectivity index (χ2n) is 5.16. The normalized spacial score (nSPS) is 10.6. The molecule has 2 rings (SSSR count). The van der Waals surface area contributed by atoms with Crippen LogP contribution in [0.25, 0.3) is 0 Å². The molecule has 132 valence electrons. The zero-order chi connectivity index (χ0) is 18.9. The van der Waals surface area contributed by atoms with Gasteiger partial charge in [-0.3, -0.25) is 4.79 Å². The fraction of sp³-hybridized carbons (Fsp3) is 0.105. The van der Waals surface area contributed by atoms with E-state index in [-0.39, 0.29) is 12.1 Å². The average molecular weight is 370 g/mol. The van der Waals surface area contributed by atoms with E-state index in [1.165, 1.54) is 13.3 Å². The van der Waals surface area contributed by atoms with Crippen molar-refractivity contribution >= 4 is 29.2 Å². The predicted molar refractivity (Wildman–Crippen MR) is 98.4 cm³/mol. The third kappa shape index (κ3) is 5.10. The van der Waals surface area contributed by atoms with E-state index in [0.717, 1.165) is 5.56 Å². The number of carbonyl (C=O) groups is 2. The van der Waals surface area contributed by atoms with Gasteiger partial charge in [0.25, 0.3) is 5.91 Å². The van der Waals surface area contributed by atoms with Crippen molar-refractivity contribution in [2.45, 2.75) is 6.54 Å². The summed E-state index contributed by atoms with van der Waals surface area (Å²) in [6.45, 7) is 0.258. The molecule has 2 aromatic carbocycles. The number of halogens is 1. The number of benzene rings is 2. The number of hydrogen-bond donors (Lipinski definition) is 2. The van der Waals surface area contributed by atoms with Crippen LogP contribution in [0.15, 0.2) is 60.3 Å². The highest BCUT2D eigenvalue weighted by molar-refractivity contribution is 6.30. The number of anilines is 1. The van der Waals surface area contributed by atoms with E-state index in [0.29, 0.717) is 16.3 Å². The summed E-state index contributed by atoms with van der Waals surface area (Å²) in [5, 5.41) is 15.3. The molecule has 0 heterocycles. The number of para-hydroxylation sites is 1. The van der Waals surface area contributed by atoms with Gasteiger partial charge in [-0.05, 0) is 29.8 Å². The highest BCUT2D eigenvalue weighted by Crippen LogP contribution is 2.16. The Morgan fingerprint density at radius 1 is 1.19 bits per heavy atom. The van der Waals surface area contributed by atoms with Crippen LogP contribution in [-0.2, 0) is 16.1 Å². The first-order chi connectivity index (χ1) is 12.5. The molecule has 0 saturated heterocycles. The number of rotatable bonds is 6. The number of carbonyl (C=O) groups excluding carboxylic acids is 2. The van der Waals surface area contributed by atoms with Crippen molar-refractivity contribution in [2.75, 3.05) is 12.4 Å².